The summed E-state index contributed by atoms with van der Waals surface area (Å²) in [7, 11) is 0. The molecule has 0 aliphatic rings. The number of nitrogens with two attached hydrogens (primary N) is 2. The molecule has 2 atom stereocenters. The zero-order chi connectivity index (χ0) is 14.8. The van der Waals surface area contributed by atoms with Crippen molar-refractivity contribution in [2.24, 2.45) is 17.4 Å². The number of carbonyl (C=O) groups excluding carboxylic acids is 2. The average molecular weight is 274 g/mol. The molecule has 0 aromatic rings. The van der Waals surface area contributed by atoms with Gasteiger partial charge in [0.25, 0.3) is 0 Å². The Hall–Kier alpha value is -1.47. The van der Waals surface area contributed by atoms with Crippen LogP contribution in [0.2, 0.25) is 0 Å². The maximum absolute atomic E-state index is 11.6. The largest absolute Gasteiger partial charge is 0.481 e. The van der Waals surface area contributed by atoms with E-state index in [1.54, 1.807) is 6.92 Å². The lowest BCUT2D eigenvalue weighted by atomic mass is 10.0. The number of rotatable bonds is 9. The molecule has 0 aromatic heterocycles. The van der Waals surface area contributed by atoms with Gasteiger partial charge in [-0.1, -0.05) is 13.3 Å². The topological polar surface area (TPSA) is 133 Å². The normalized spacial score (nSPS) is 13.6. The van der Waals surface area contributed by atoms with Crippen molar-refractivity contribution in [1.82, 2.24) is 0 Å². The Bertz CT molecular complexity index is 319. The summed E-state index contributed by atoms with van der Waals surface area (Å²) in [5, 5.41) is 8.62. The summed E-state index contributed by atoms with van der Waals surface area (Å²) in [6, 6.07) is -0.877. The summed E-state index contributed by atoms with van der Waals surface area (Å²) in [5.41, 5.74) is 10.9. The maximum atomic E-state index is 11.6. The number of unbranched alkanes of at least 4 members (excludes halogenated alkanes) is 1. The number of esters is 2. The fraction of sp³-hybridized carbons (Fsp3) is 0.750. The summed E-state index contributed by atoms with van der Waals surface area (Å²) in [4.78, 5) is 33.6. The van der Waals surface area contributed by atoms with E-state index in [2.05, 4.69) is 4.74 Å². The van der Waals surface area contributed by atoms with Crippen LogP contribution in [0.5, 0.6) is 0 Å². The first-order chi connectivity index (χ1) is 8.92. The second-order valence-corrected chi connectivity index (χ2v) is 4.33. The first-order valence-corrected chi connectivity index (χ1v) is 6.35. The Morgan fingerprint density at radius 3 is 2.32 bits per heavy atom. The minimum absolute atomic E-state index is 0.292. The number of carboxylic acids is 1. The molecule has 0 fully saturated rings. The van der Waals surface area contributed by atoms with Crippen molar-refractivity contribution < 1.29 is 24.2 Å². The number of aliphatic carboxylic acids is 1. The lowest BCUT2D eigenvalue weighted by Gasteiger charge is -2.13. The molecule has 7 heteroatoms. The molecule has 0 heterocycles. The van der Waals surface area contributed by atoms with E-state index < -0.39 is 29.9 Å². The van der Waals surface area contributed by atoms with E-state index in [4.69, 9.17) is 16.6 Å². The highest BCUT2D eigenvalue weighted by atomic mass is 16.6. The molecule has 0 aliphatic heterocycles. The zero-order valence-electron chi connectivity index (χ0n) is 11.1. The van der Waals surface area contributed by atoms with Crippen LogP contribution in [0.4, 0.5) is 0 Å². The molecule has 0 bridgehead atoms. The fourth-order valence-corrected chi connectivity index (χ4v) is 1.49. The van der Waals surface area contributed by atoms with Crippen LogP contribution < -0.4 is 11.5 Å². The van der Waals surface area contributed by atoms with Crippen molar-refractivity contribution in [1.29, 1.82) is 0 Å². The van der Waals surface area contributed by atoms with Crippen molar-refractivity contribution in [3.05, 3.63) is 0 Å². The Morgan fingerprint density at radius 2 is 1.84 bits per heavy atom. The second-order valence-electron chi connectivity index (χ2n) is 4.33. The molecule has 0 amide bonds. The lowest BCUT2D eigenvalue weighted by Crippen LogP contribution is -2.35. The monoisotopic (exact) mass is 274 g/mol. The van der Waals surface area contributed by atoms with E-state index in [-0.39, 0.29) is 6.42 Å². The smallest absolute Gasteiger partial charge is 0.330 e. The van der Waals surface area contributed by atoms with Crippen molar-refractivity contribution in [3.8, 4) is 0 Å². The third-order valence-corrected chi connectivity index (χ3v) is 2.72. The number of carbonyl (C=O) groups is 3. The minimum Gasteiger partial charge on any atom is -0.481 e. The molecule has 7 nitrogen and oxygen atoms in total. The van der Waals surface area contributed by atoms with Crippen LogP contribution in [0.15, 0.2) is 0 Å². The SMILES string of the molecule is CCC(CC(=O)O)C(=O)OC(=O)[C@@H](N)CCCCN. The highest BCUT2D eigenvalue weighted by Gasteiger charge is 2.26. The van der Waals surface area contributed by atoms with Crippen LogP contribution >= 0.6 is 0 Å². The molecule has 0 saturated carbocycles. The van der Waals surface area contributed by atoms with Crippen LogP contribution in [0.1, 0.15) is 39.0 Å². The number of carboxylic acid groups (broad SMARTS) is 1. The molecule has 5 N–H and O–H groups in total. The van der Waals surface area contributed by atoms with Crippen molar-refractivity contribution >= 4 is 17.9 Å². The standard InChI is InChI=1S/C12H22N2O5/c1-2-8(7-10(15)16)11(17)19-12(18)9(14)5-3-4-6-13/h8-9H,2-7,13-14H2,1H3,(H,15,16)/t8?,9-/m0/s1. The summed E-state index contributed by atoms with van der Waals surface area (Å²) in [6.07, 6.45) is 1.74. The molecule has 110 valence electrons. The van der Waals surface area contributed by atoms with Gasteiger partial charge >= 0.3 is 17.9 Å². The Morgan fingerprint density at radius 1 is 1.21 bits per heavy atom. The first-order valence-electron chi connectivity index (χ1n) is 6.35. The average Bonchev–Trinajstić information content (AvgIpc) is 2.35. The highest BCUT2D eigenvalue weighted by Crippen LogP contribution is 2.11. The fourth-order valence-electron chi connectivity index (χ4n) is 1.49. The van der Waals surface area contributed by atoms with E-state index in [9.17, 15) is 14.4 Å². The summed E-state index contributed by atoms with van der Waals surface area (Å²) >= 11 is 0. The summed E-state index contributed by atoms with van der Waals surface area (Å²) < 4.78 is 4.60. The van der Waals surface area contributed by atoms with Crippen molar-refractivity contribution in [2.75, 3.05) is 6.54 Å². The number of hydrogen-bond donors (Lipinski definition) is 3. The minimum atomic E-state index is -1.11. The van der Waals surface area contributed by atoms with Gasteiger partial charge in [0.05, 0.1) is 12.3 Å². The quantitative estimate of drug-likeness (QED) is 0.306. The van der Waals surface area contributed by atoms with Gasteiger partial charge in [-0.25, -0.2) is 4.79 Å². The molecular formula is C12H22N2O5. The van der Waals surface area contributed by atoms with E-state index in [1.807, 2.05) is 0 Å². The molecule has 0 spiro atoms. The summed E-state index contributed by atoms with van der Waals surface area (Å²) in [6.45, 7) is 2.16. The van der Waals surface area contributed by atoms with Gasteiger partial charge in [-0.3, -0.25) is 9.59 Å². The second kappa shape index (κ2) is 9.46. The van der Waals surface area contributed by atoms with E-state index in [1.165, 1.54) is 0 Å². The summed E-state index contributed by atoms with van der Waals surface area (Å²) in [5.74, 6) is -3.57. The Balaban J connectivity index is 4.21. The molecule has 0 saturated heterocycles. The van der Waals surface area contributed by atoms with Gasteiger partial charge in [-0.2, -0.15) is 0 Å². The maximum Gasteiger partial charge on any atom is 0.330 e. The van der Waals surface area contributed by atoms with Gasteiger partial charge in [-0.05, 0) is 25.8 Å². The molecule has 19 heavy (non-hydrogen) atoms. The molecular weight excluding hydrogens is 252 g/mol. The molecule has 0 radical (unpaired) electrons. The van der Waals surface area contributed by atoms with E-state index in [0.717, 1.165) is 6.42 Å². The van der Waals surface area contributed by atoms with E-state index in [0.29, 0.717) is 25.8 Å². The first kappa shape index (κ1) is 17.5. The van der Waals surface area contributed by atoms with Gasteiger partial charge in [0, 0.05) is 0 Å². The van der Waals surface area contributed by atoms with Gasteiger partial charge in [0.1, 0.15) is 6.04 Å². The molecule has 1 unspecified atom stereocenters. The van der Waals surface area contributed by atoms with Gasteiger partial charge in [0.15, 0.2) is 0 Å². The van der Waals surface area contributed by atoms with Crippen LogP contribution in [0.3, 0.4) is 0 Å². The van der Waals surface area contributed by atoms with Gasteiger partial charge < -0.3 is 21.3 Å². The third-order valence-electron chi connectivity index (χ3n) is 2.72. The lowest BCUT2D eigenvalue weighted by molar-refractivity contribution is -0.165. The Labute approximate surface area is 112 Å². The van der Waals surface area contributed by atoms with Crippen LogP contribution in [-0.4, -0.2) is 35.6 Å². The third kappa shape index (κ3) is 7.53. The predicted octanol–water partition coefficient (Wildman–Crippen LogP) is 0.0134. The zero-order valence-corrected chi connectivity index (χ0v) is 11.1. The number of ether oxygens (including phenoxy) is 1. The van der Waals surface area contributed by atoms with Crippen molar-refractivity contribution in [2.45, 2.75) is 45.1 Å². The molecule has 0 aromatic carbocycles. The van der Waals surface area contributed by atoms with Gasteiger partial charge in [-0.15, -0.1) is 0 Å². The van der Waals surface area contributed by atoms with Crippen molar-refractivity contribution in [3.63, 3.8) is 0 Å². The van der Waals surface area contributed by atoms with Gasteiger partial charge in [0.2, 0.25) is 0 Å². The predicted molar refractivity (Wildman–Crippen MR) is 68.0 cm³/mol. The van der Waals surface area contributed by atoms with Crippen LogP contribution in [0.25, 0.3) is 0 Å². The van der Waals surface area contributed by atoms with Crippen LogP contribution in [-0.2, 0) is 19.1 Å². The Kier molecular flexibility index (Phi) is 8.73. The highest BCUT2D eigenvalue weighted by molar-refractivity contribution is 5.90. The molecule has 0 aliphatic carbocycles. The molecule has 0 rings (SSSR count). The van der Waals surface area contributed by atoms with Crippen LogP contribution in [0, 0.1) is 5.92 Å². The number of hydrogen-bond acceptors (Lipinski definition) is 6. The van der Waals surface area contributed by atoms with E-state index >= 15 is 0 Å².